The third-order valence-electron chi connectivity index (χ3n) is 3.98. The third-order valence-corrected chi connectivity index (χ3v) is 4.64. The van der Waals surface area contributed by atoms with Crippen molar-refractivity contribution in [2.24, 2.45) is 0 Å². The second-order valence-electron chi connectivity index (χ2n) is 6.82. The van der Waals surface area contributed by atoms with E-state index in [0.717, 1.165) is 35.9 Å². The molecule has 1 amide bonds. The number of sulfone groups is 1. The molecule has 1 atom stereocenters. The second kappa shape index (κ2) is 10.7. The molecule has 2 aromatic rings. The van der Waals surface area contributed by atoms with E-state index in [2.05, 4.69) is 25.3 Å². The first kappa shape index (κ1) is 26.9. The SMILES string of the molecule is C[C@@H](/C=C/S(C)(=O)=O)NC(=O)c1cnc(C(F)(F)F)nc1NCc1c(F)cccc1OC(F)F. The average molecular weight is 512 g/mol. The molecule has 186 valence electrons. The minimum absolute atomic E-state index is 0.453. The zero-order valence-corrected chi connectivity index (χ0v) is 18.3. The van der Waals surface area contributed by atoms with E-state index in [4.69, 9.17) is 0 Å². The monoisotopic (exact) mass is 512 g/mol. The van der Waals surface area contributed by atoms with Gasteiger partial charge in [0.2, 0.25) is 5.82 Å². The summed E-state index contributed by atoms with van der Waals surface area (Å²) in [7, 11) is -3.50. The van der Waals surface area contributed by atoms with Crippen LogP contribution in [0.1, 0.15) is 28.7 Å². The van der Waals surface area contributed by atoms with Crippen LogP contribution in [0.2, 0.25) is 0 Å². The molecule has 0 aliphatic carbocycles. The van der Waals surface area contributed by atoms with E-state index in [-0.39, 0.29) is 0 Å². The zero-order valence-electron chi connectivity index (χ0n) is 17.5. The molecule has 1 aromatic heterocycles. The molecule has 0 saturated heterocycles. The van der Waals surface area contributed by atoms with Crippen molar-refractivity contribution in [3.05, 3.63) is 58.6 Å². The lowest BCUT2D eigenvalue weighted by atomic mass is 10.1. The largest absolute Gasteiger partial charge is 0.451 e. The molecule has 0 spiro atoms. The number of carbonyl (C=O) groups is 1. The predicted molar refractivity (Wildman–Crippen MR) is 108 cm³/mol. The number of anilines is 1. The van der Waals surface area contributed by atoms with Gasteiger partial charge in [-0.15, -0.1) is 0 Å². The standard InChI is InChI=1S/C19H18F6N4O4S/c1-10(6-7-34(2,31)32)28-16(30)12-9-27-17(19(23,24)25)29-15(12)26-8-11-13(20)4-3-5-14(11)33-18(21)22/h3-7,9-10,18H,8H2,1-2H3,(H,28,30)(H,26,27,29)/b7-6+/t10-/m0/s1. The van der Waals surface area contributed by atoms with Gasteiger partial charge in [0.1, 0.15) is 22.9 Å². The molecule has 1 heterocycles. The van der Waals surface area contributed by atoms with E-state index in [0.29, 0.717) is 6.20 Å². The lowest BCUT2D eigenvalue weighted by Crippen LogP contribution is -2.32. The van der Waals surface area contributed by atoms with E-state index in [1.54, 1.807) is 0 Å². The summed E-state index contributed by atoms with van der Waals surface area (Å²) in [5, 5.41) is 5.46. The lowest BCUT2D eigenvalue weighted by molar-refractivity contribution is -0.144. The first-order valence-corrected chi connectivity index (χ1v) is 11.2. The van der Waals surface area contributed by atoms with Crippen LogP contribution in [0.25, 0.3) is 0 Å². The zero-order chi connectivity index (χ0) is 25.7. The molecule has 2 rings (SSSR count). The van der Waals surface area contributed by atoms with Gasteiger partial charge >= 0.3 is 12.8 Å². The summed E-state index contributed by atoms with van der Waals surface area (Å²) in [4.78, 5) is 18.9. The number of alkyl halides is 5. The van der Waals surface area contributed by atoms with Crippen LogP contribution in [-0.2, 0) is 22.6 Å². The molecule has 0 aliphatic rings. The van der Waals surface area contributed by atoms with Gasteiger partial charge in [-0.1, -0.05) is 12.1 Å². The number of nitrogens with one attached hydrogen (secondary N) is 2. The molecular weight excluding hydrogens is 494 g/mol. The highest BCUT2D eigenvalue weighted by atomic mass is 32.2. The molecule has 8 nitrogen and oxygen atoms in total. The van der Waals surface area contributed by atoms with Gasteiger partial charge in [0, 0.05) is 36.0 Å². The second-order valence-corrected chi connectivity index (χ2v) is 8.75. The Kier molecular flexibility index (Phi) is 8.47. The Morgan fingerprint density at radius 2 is 1.94 bits per heavy atom. The summed E-state index contributed by atoms with van der Waals surface area (Å²) >= 11 is 0. The number of halogens is 6. The molecular formula is C19H18F6N4O4S. The van der Waals surface area contributed by atoms with Crippen molar-refractivity contribution in [2.75, 3.05) is 11.6 Å². The summed E-state index contributed by atoms with van der Waals surface area (Å²) in [6.07, 6.45) is -2.38. The fourth-order valence-electron chi connectivity index (χ4n) is 2.50. The lowest BCUT2D eigenvalue weighted by Gasteiger charge is -2.16. The van der Waals surface area contributed by atoms with Crippen LogP contribution in [0.5, 0.6) is 5.75 Å². The Balaban J connectivity index is 2.37. The van der Waals surface area contributed by atoms with Crippen molar-refractivity contribution in [1.82, 2.24) is 15.3 Å². The van der Waals surface area contributed by atoms with Gasteiger partial charge in [-0.2, -0.15) is 22.0 Å². The highest BCUT2D eigenvalue weighted by Crippen LogP contribution is 2.29. The van der Waals surface area contributed by atoms with Crippen molar-refractivity contribution < 1.29 is 44.3 Å². The van der Waals surface area contributed by atoms with Gasteiger partial charge in [-0.3, -0.25) is 4.79 Å². The van der Waals surface area contributed by atoms with Crippen LogP contribution in [0.4, 0.5) is 32.2 Å². The normalized spacial score (nSPS) is 13.2. The number of ether oxygens (including phenoxy) is 1. The summed E-state index contributed by atoms with van der Waals surface area (Å²) in [6, 6.07) is 2.17. The Morgan fingerprint density at radius 1 is 1.26 bits per heavy atom. The van der Waals surface area contributed by atoms with Crippen LogP contribution >= 0.6 is 0 Å². The topological polar surface area (TPSA) is 110 Å². The quantitative estimate of drug-likeness (QED) is 0.495. The number of benzene rings is 1. The predicted octanol–water partition coefficient (Wildman–Crippen LogP) is 3.52. The maximum absolute atomic E-state index is 14.2. The van der Waals surface area contributed by atoms with E-state index < -0.39 is 75.5 Å². The van der Waals surface area contributed by atoms with Crippen molar-refractivity contribution in [3.8, 4) is 5.75 Å². The molecule has 1 aromatic carbocycles. The van der Waals surface area contributed by atoms with Crippen molar-refractivity contribution in [1.29, 1.82) is 0 Å². The van der Waals surface area contributed by atoms with Crippen molar-refractivity contribution in [3.63, 3.8) is 0 Å². The molecule has 0 fully saturated rings. The van der Waals surface area contributed by atoms with Crippen LogP contribution in [0, 0.1) is 5.82 Å². The van der Waals surface area contributed by atoms with Crippen LogP contribution in [0.15, 0.2) is 35.9 Å². The van der Waals surface area contributed by atoms with Gasteiger partial charge in [-0.05, 0) is 19.1 Å². The fraction of sp³-hybridized carbons (Fsp3) is 0.316. The Morgan fingerprint density at radius 3 is 2.53 bits per heavy atom. The van der Waals surface area contributed by atoms with Gasteiger partial charge in [-0.25, -0.2) is 22.8 Å². The third kappa shape index (κ3) is 7.90. The minimum Gasteiger partial charge on any atom is -0.434 e. The molecule has 0 bridgehead atoms. The Bertz CT molecular complexity index is 1170. The van der Waals surface area contributed by atoms with Gasteiger partial charge in [0.05, 0.1) is 0 Å². The van der Waals surface area contributed by atoms with Crippen molar-refractivity contribution in [2.45, 2.75) is 32.3 Å². The number of hydrogen-bond donors (Lipinski definition) is 2. The Hall–Kier alpha value is -3.36. The van der Waals surface area contributed by atoms with Gasteiger partial charge in [0.25, 0.3) is 5.91 Å². The number of aromatic nitrogens is 2. The minimum atomic E-state index is -4.99. The average Bonchev–Trinajstić information content (AvgIpc) is 2.70. The molecule has 0 unspecified atom stereocenters. The number of nitrogens with zero attached hydrogens (tertiary/aromatic N) is 2. The molecule has 2 N–H and O–H groups in total. The number of rotatable bonds is 9. The van der Waals surface area contributed by atoms with E-state index >= 15 is 0 Å². The summed E-state index contributed by atoms with van der Waals surface area (Å²) in [6.45, 7) is -2.57. The maximum Gasteiger partial charge on any atom is 0.451 e. The molecule has 15 heteroatoms. The number of carbonyl (C=O) groups excluding carboxylic acids is 1. The molecule has 34 heavy (non-hydrogen) atoms. The van der Waals surface area contributed by atoms with Crippen LogP contribution < -0.4 is 15.4 Å². The van der Waals surface area contributed by atoms with Gasteiger partial charge < -0.3 is 15.4 Å². The fourth-order valence-corrected chi connectivity index (χ4v) is 3.02. The summed E-state index contributed by atoms with van der Waals surface area (Å²) < 4.78 is 105. The molecule has 0 radical (unpaired) electrons. The Labute approximate surface area is 190 Å². The number of amides is 1. The van der Waals surface area contributed by atoms with E-state index in [9.17, 15) is 39.6 Å². The van der Waals surface area contributed by atoms with Crippen LogP contribution in [0.3, 0.4) is 0 Å². The van der Waals surface area contributed by atoms with Crippen LogP contribution in [-0.4, -0.2) is 43.2 Å². The van der Waals surface area contributed by atoms with E-state index in [1.165, 1.54) is 6.92 Å². The first-order chi connectivity index (χ1) is 15.7. The van der Waals surface area contributed by atoms with E-state index in [1.807, 2.05) is 0 Å². The summed E-state index contributed by atoms with van der Waals surface area (Å²) in [5.41, 5.74) is -0.953. The summed E-state index contributed by atoms with van der Waals surface area (Å²) in [5.74, 6) is -4.85. The maximum atomic E-state index is 14.2. The highest BCUT2D eigenvalue weighted by Gasteiger charge is 2.36. The smallest absolute Gasteiger partial charge is 0.434 e. The molecule has 0 saturated carbocycles. The van der Waals surface area contributed by atoms with Gasteiger partial charge in [0.15, 0.2) is 9.84 Å². The van der Waals surface area contributed by atoms with Crippen molar-refractivity contribution >= 4 is 21.6 Å². The molecule has 0 aliphatic heterocycles. The number of hydrogen-bond acceptors (Lipinski definition) is 7. The first-order valence-electron chi connectivity index (χ1n) is 9.27. The highest BCUT2D eigenvalue weighted by molar-refractivity contribution is 7.93.